The summed E-state index contributed by atoms with van der Waals surface area (Å²) in [4.78, 5) is 22.7. The highest BCUT2D eigenvalue weighted by Gasteiger charge is 2.25. The molecule has 3 aromatic heterocycles. The second-order valence-electron chi connectivity index (χ2n) is 6.96. The van der Waals surface area contributed by atoms with Crippen LogP contribution in [0, 0.1) is 5.92 Å². The number of carbonyl (C=O) groups is 1. The first-order valence-electron chi connectivity index (χ1n) is 9.14. The van der Waals surface area contributed by atoms with Crippen LogP contribution in [0.5, 0.6) is 0 Å². The lowest BCUT2D eigenvalue weighted by molar-refractivity contribution is -0.122. The Morgan fingerprint density at radius 2 is 2.30 bits per heavy atom. The summed E-state index contributed by atoms with van der Waals surface area (Å²) in [5, 5.41) is 7.88. The average Bonchev–Trinajstić information content (AvgIpc) is 3.08. The van der Waals surface area contributed by atoms with Crippen molar-refractivity contribution in [1.29, 1.82) is 0 Å². The van der Waals surface area contributed by atoms with Gasteiger partial charge in [0.25, 0.3) is 0 Å². The molecule has 1 amide bonds. The van der Waals surface area contributed by atoms with E-state index in [0.29, 0.717) is 13.1 Å². The molecule has 1 aliphatic rings. The summed E-state index contributed by atoms with van der Waals surface area (Å²) < 4.78 is 1.81. The Bertz CT molecular complexity index is 959. The Morgan fingerprint density at radius 3 is 3.07 bits per heavy atom. The highest BCUT2D eigenvalue weighted by molar-refractivity contribution is 6.36. The maximum absolute atomic E-state index is 11.6. The molecule has 138 valence electrons. The molecular weight excluding hydrogens is 341 g/mol. The molecule has 1 aliphatic heterocycles. The van der Waals surface area contributed by atoms with Crippen molar-refractivity contribution in [3.8, 4) is 0 Å². The average molecular weight is 363 g/mol. The Morgan fingerprint density at radius 1 is 1.41 bits per heavy atom. The third-order valence-electron chi connectivity index (χ3n) is 4.98. The smallest absolute Gasteiger partial charge is 0.222 e. The molecule has 0 radical (unpaired) electrons. The molecule has 3 aromatic rings. The van der Waals surface area contributed by atoms with Gasteiger partial charge in [0.05, 0.1) is 5.92 Å². The van der Waals surface area contributed by atoms with E-state index >= 15 is 0 Å². The van der Waals surface area contributed by atoms with Crippen LogP contribution in [0.2, 0.25) is 0 Å². The van der Waals surface area contributed by atoms with Crippen molar-refractivity contribution < 1.29 is 4.79 Å². The third-order valence-corrected chi connectivity index (χ3v) is 4.98. The van der Waals surface area contributed by atoms with Crippen molar-refractivity contribution in [2.75, 3.05) is 23.3 Å². The van der Waals surface area contributed by atoms with Gasteiger partial charge in [-0.3, -0.25) is 9.78 Å². The molecule has 9 heteroatoms. The fourth-order valence-electron chi connectivity index (χ4n) is 3.46. The normalized spacial score (nSPS) is 17.2. The summed E-state index contributed by atoms with van der Waals surface area (Å²) in [7, 11) is 1.99. The van der Waals surface area contributed by atoms with Crippen molar-refractivity contribution in [3.63, 3.8) is 0 Å². The number of hydrogen-bond acceptors (Lipinski definition) is 6. The number of aromatic nitrogens is 4. The Balaban J connectivity index is 1.65. The fraction of sp³-hybridized carbons (Fsp3) is 0.333. The van der Waals surface area contributed by atoms with Gasteiger partial charge in [-0.2, -0.15) is 9.61 Å². The number of piperidine rings is 1. The van der Waals surface area contributed by atoms with E-state index in [9.17, 15) is 4.79 Å². The zero-order valence-corrected chi connectivity index (χ0v) is 15.3. The zero-order chi connectivity index (χ0) is 18.8. The lowest BCUT2D eigenvalue weighted by Gasteiger charge is -2.32. The van der Waals surface area contributed by atoms with Crippen molar-refractivity contribution in [2.24, 2.45) is 11.7 Å². The van der Waals surface area contributed by atoms with Gasteiger partial charge in [-0.1, -0.05) is 6.07 Å². The van der Waals surface area contributed by atoms with Crippen molar-refractivity contribution in [3.05, 3.63) is 42.4 Å². The highest BCUT2D eigenvalue weighted by Crippen LogP contribution is 2.24. The number of anilines is 2. The number of fused-ring (bicyclic) bond motifs is 1. The Labute approximate surface area is 158 Å². The molecule has 4 rings (SSSR count). The van der Waals surface area contributed by atoms with Crippen molar-refractivity contribution in [2.45, 2.75) is 19.4 Å². The van der Waals surface area contributed by atoms with Crippen LogP contribution in [0.4, 0.5) is 11.6 Å². The summed E-state index contributed by atoms with van der Waals surface area (Å²) in [6.07, 6.45) is 7.17. The first-order chi connectivity index (χ1) is 13.1. The lowest BCUT2D eigenvalue weighted by Crippen LogP contribution is -2.41. The van der Waals surface area contributed by atoms with Crippen LogP contribution in [0.3, 0.4) is 0 Å². The quantitative estimate of drug-likeness (QED) is 0.604. The van der Waals surface area contributed by atoms with Gasteiger partial charge in [-0.15, -0.1) is 0 Å². The molecular formula is C18H22BN7O. The van der Waals surface area contributed by atoms with Gasteiger partial charge in [0.1, 0.15) is 19.5 Å². The number of rotatable bonds is 5. The van der Waals surface area contributed by atoms with Gasteiger partial charge < -0.3 is 16.0 Å². The number of amides is 1. The molecule has 8 nitrogen and oxygen atoms in total. The minimum Gasteiger partial charge on any atom is -0.369 e. The van der Waals surface area contributed by atoms with Gasteiger partial charge in [0, 0.05) is 44.3 Å². The number of hydrogen-bond donors (Lipinski definition) is 2. The molecule has 27 heavy (non-hydrogen) atoms. The summed E-state index contributed by atoms with van der Waals surface area (Å²) >= 11 is 0. The number of nitrogens with two attached hydrogens (primary N) is 1. The summed E-state index contributed by atoms with van der Waals surface area (Å²) in [5.74, 6) is 1.32. The van der Waals surface area contributed by atoms with E-state index in [1.807, 2.05) is 43.0 Å². The van der Waals surface area contributed by atoms with Gasteiger partial charge in [0.2, 0.25) is 5.91 Å². The number of nitrogens with zero attached hydrogens (tertiary/aromatic N) is 5. The molecule has 3 N–H and O–H groups in total. The van der Waals surface area contributed by atoms with Gasteiger partial charge in [-0.05, 0) is 29.9 Å². The Kier molecular flexibility index (Phi) is 4.66. The lowest BCUT2D eigenvalue weighted by atomic mass is 9.97. The van der Waals surface area contributed by atoms with Crippen LogP contribution in [0.15, 0.2) is 36.8 Å². The highest BCUT2D eigenvalue weighted by atomic mass is 16.1. The summed E-state index contributed by atoms with van der Waals surface area (Å²) in [6.45, 7) is 2.10. The second-order valence-corrected chi connectivity index (χ2v) is 6.96. The van der Waals surface area contributed by atoms with Crippen molar-refractivity contribution in [1.82, 2.24) is 19.6 Å². The van der Waals surface area contributed by atoms with Crippen LogP contribution in [-0.4, -0.2) is 46.4 Å². The van der Waals surface area contributed by atoms with Crippen LogP contribution in [-0.2, 0) is 11.3 Å². The van der Waals surface area contributed by atoms with Gasteiger partial charge >= 0.3 is 0 Å². The molecule has 0 aromatic carbocycles. The predicted octanol–water partition coefficient (Wildman–Crippen LogP) is -0.303. The summed E-state index contributed by atoms with van der Waals surface area (Å²) in [6, 6.07) is 5.93. The Hall–Kier alpha value is -3.10. The second kappa shape index (κ2) is 7.26. The third kappa shape index (κ3) is 3.58. The van der Waals surface area contributed by atoms with E-state index in [0.717, 1.165) is 47.7 Å². The molecule has 1 saturated heterocycles. The number of pyridine rings is 1. The molecule has 0 spiro atoms. The molecule has 1 atom stereocenters. The first-order valence-corrected chi connectivity index (χ1v) is 9.14. The van der Waals surface area contributed by atoms with E-state index in [2.05, 4.69) is 20.3 Å². The SMILES string of the molecule is Bc1cnn2c(NCc3cccnc3)cc(N3CCCC(C(N)=O)C3)nc12. The van der Waals surface area contributed by atoms with Crippen LogP contribution in [0.1, 0.15) is 18.4 Å². The monoisotopic (exact) mass is 363 g/mol. The fourth-order valence-corrected chi connectivity index (χ4v) is 3.46. The first kappa shape index (κ1) is 17.3. The largest absolute Gasteiger partial charge is 0.369 e. The van der Waals surface area contributed by atoms with E-state index in [-0.39, 0.29) is 11.8 Å². The number of nitrogens with one attached hydrogen (secondary N) is 1. The predicted molar refractivity (Wildman–Crippen MR) is 107 cm³/mol. The number of primary amides is 1. The van der Waals surface area contributed by atoms with Gasteiger partial charge in [-0.25, -0.2) is 4.98 Å². The molecule has 1 unspecified atom stereocenters. The zero-order valence-electron chi connectivity index (χ0n) is 15.3. The molecule has 4 heterocycles. The van der Waals surface area contributed by atoms with Crippen molar-refractivity contribution >= 4 is 36.5 Å². The minimum absolute atomic E-state index is 0.130. The van der Waals surface area contributed by atoms with E-state index in [1.54, 1.807) is 6.20 Å². The topological polar surface area (TPSA) is 101 Å². The van der Waals surface area contributed by atoms with Gasteiger partial charge in [0.15, 0.2) is 5.65 Å². The van der Waals surface area contributed by atoms with E-state index < -0.39 is 0 Å². The molecule has 0 bridgehead atoms. The maximum Gasteiger partial charge on any atom is 0.222 e. The molecule has 0 saturated carbocycles. The maximum atomic E-state index is 11.6. The number of carbonyl (C=O) groups excluding carboxylic acids is 1. The van der Waals surface area contributed by atoms with E-state index in [1.165, 1.54) is 0 Å². The van der Waals surface area contributed by atoms with Crippen LogP contribution in [0.25, 0.3) is 5.65 Å². The molecule has 0 aliphatic carbocycles. The standard InChI is InChI=1S/C18H22BN7O/c19-14-10-23-26-15(22-9-12-3-1-5-21-8-12)7-16(24-18(14)26)25-6-2-4-13(11-25)17(20)27/h1,3,5,7-8,10,13,22H,2,4,6,9,11,19H2,(H2,20,27). The van der Waals surface area contributed by atoms with Crippen LogP contribution >= 0.6 is 0 Å². The van der Waals surface area contributed by atoms with E-state index in [4.69, 9.17) is 10.7 Å². The summed E-state index contributed by atoms with van der Waals surface area (Å²) in [5.41, 5.74) is 8.42. The molecule has 1 fully saturated rings. The van der Waals surface area contributed by atoms with Crippen LogP contribution < -0.4 is 21.4 Å². The minimum atomic E-state index is -0.240.